The van der Waals surface area contributed by atoms with E-state index >= 15 is 0 Å². The number of nitrogens with zero attached hydrogens (tertiary/aromatic N) is 6. The molecule has 2 fully saturated rings. The molecule has 6 rings (SSSR count). The second kappa shape index (κ2) is 10.4. The number of hydrogen-bond donors (Lipinski definition) is 2. The van der Waals surface area contributed by atoms with Crippen LogP contribution in [0.3, 0.4) is 0 Å². The Morgan fingerprint density at radius 1 is 1.17 bits per heavy atom. The van der Waals surface area contributed by atoms with Gasteiger partial charge in [-0.1, -0.05) is 0 Å². The minimum Gasteiger partial charge on any atom is -0.443 e. The third-order valence-corrected chi connectivity index (χ3v) is 7.71. The number of fused-ring (bicyclic) bond motifs is 2. The Hall–Kier alpha value is -4.03. The lowest BCUT2D eigenvalue weighted by Crippen LogP contribution is -2.50. The number of ether oxygens (including phenoxy) is 2. The van der Waals surface area contributed by atoms with Crippen LogP contribution in [0.15, 0.2) is 36.8 Å². The summed E-state index contributed by atoms with van der Waals surface area (Å²) in [4.78, 5) is 37.4. The molecule has 2 aliphatic rings. The van der Waals surface area contributed by atoms with Gasteiger partial charge < -0.3 is 24.5 Å². The van der Waals surface area contributed by atoms with Gasteiger partial charge in [0.1, 0.15) is 22.6 Å². The molecular formula is C29H35N7O5. The molecule has 2 N–H and O–H groups in total. The summed E-state index contributed by atoms with van der Waals surface area (Å²) in [7, 11) is 1.60. The molecule has 1 saturated heterocycles. The fourth-order valence-corrected chi connectivity index (χ4v) is 5.33. The quantitative estimate of drug-likeness (QED) is 0.376. The van der Waals surface area contributed by atoms with E-state index in [1.807, 2.05) is 18.3 Å². The highest BCUT2D eigenvalue weighted by Crippen LogP contribution is 2.35. The van der Waals surface area contributed by atoms with Crippen LogP contribution in [0.2, 0.25) is 0 Å². The largest absolute Gasteiger partial charge is 0.443 e. The first-order valence-corrected chi connectivity index (χ1v) is 14.0. The number of hydrogen-bond acceptors (Lipinski definition) is 8. The summed E-state index contributed by atoms with van der Waals surface area (Å²) in [6.07, 6.45) is 7.22. The summed E-state index contributed by atoms with van der Waals surface area (Å²) in [6.45, 7) is 6.78. The minimum atomic E-state index is -0.706. The van der Waals surface area contributed by atoms with Gasteiger partial charge in [-0.05, 0) is 58.6 Å². The normalized spacial score (nSPS) is 19.7. The maximum absolute atomic E-state index is 13.3. The van der Waals surface area contributed by atoms with E-state index in [4.69, 9.17) is 14.5 Å². The lowest BCUT2D eigenvalue weighted by Gasteiger charge is -2.32. The molecule has 41 heavy (non-hydrogen) atoms. The van der Waals surface area contributed by atoms with E-state index in [0.717, 1.165) is 29.4 Å². The van der Waals surface area contributed by atoms with E-state index in [9.17, 15) is 14.7 Å². The summed E-state index contributed by atoms with van der Waals surface area (Å²) in [6, 6.07) is 5.57. The first-order valence-electron chi connectivity index (χ1n) is 14.0. The van der Waals surface area contributed by atoms with Crippen molar-refractivity contribution in [3.8, 4) is 11.3 Å². The Morgan fingerprint density at radius 3 is 2.63 bits per heavy atom. The lowest BCUT2D eigenvalue weighted by molar-refractivity contribution is 0.0448. The smallest absolute Gasteiger partial charge is 0.415 e. The van der Waals surface area contributed by atoms with Crippen LogP contribution in [0, 0.1) is 0 Å². The number of aliphatic hydroxyl groups excluding tert-OH is 1. The molecule has 2 amide bonds. The van der Waals surface area contributed by atoms with Crippen molar-refractivity contribution in [1.29, 1.82) is 0 Å². The molecule has 0 radical (unpaired) electrons. The molecule has 0 aromatic carbocycles. The maximum atomic E-state index is 13.3. The summed E-state index contributed by atoms with van der Waals surface area (Å²) in [5.74, 6) is 0.00315. The lowest BCUT2D eigenvalue weighted by atomic mass is 9.89. The van der Waals surface area contributed by atoms with Crippen molar-refractivity contribution in [3.63, 3.8) is 0 Å². The maximum Gasteiger partial charge on any atom is 0.415 e. The molecule has 1 saturated carbocycles. The number of amides is 2. The molecule has 0 unspecified atom stereocenters. The van der Waals surface area contributed by atoms with Gasteiger partial charge in [-0.15, -0.1) is 0 Å². The van der Waals surface area contributed by atoms with E-state index in [2.05, 4.69) is 20.0 Å². The average molecular weight is 562 g/mol. The van der Waals surface area contributed by atoms with Crippen LogP contribution >= 0.6 is 0 Å². The fourth-order valence-electron chi connectivity index (χ4n) is 5.33. The molecule has 0 bridgehead atoms. The molecule has 4 aromatic rings. The topological polar surface area (TPSA) is 136 Å². The molecule has 5 heterocycles. The Balaban J connectivity index is 1.50. The molecule has 1 aliphatic carbocycles. The zero-order chi connectivity index (χ0) is 28.9. The van der Waals surface area contributed by atoms with Crippen molar-refractivity contribution < 1.29 is 24.2 Å². The summed E-state index contributed by atoms with van der Waals surface area (Å²) >= 11 is 0. The van der Waals surface area contributed by atoms with Crippen molar-refractivity contribution in [2.45, 2.75) is 70.2 Å². The number of nitrogens with one attached hydrogen (secondary N) is 1. The number of carbonyl (C=O) groups is 2. The second-order valence-electron chi connectivity index (χ2n) is 11.7. The van der Waals surface area contributed by atoms with Crippen LogP contribution in [0.5, 0.6) is 0 Å². The fraction of sp³-hybridized carbons (Fsp3) is 0.483. The van der Waals surface area contributed by atoms with Gasteiger partial charge in [0.25, 0.3) is 5.91 Å². The molecule has 4 aromatic heterocycles. The highest BCUT2D eigenvalue weighted by atomic mass is 16.6. The van der Waals surface area contributed by atoms with Crippen molar-refractivity contribution in [1.82, 2.24) is 29.5 Å². The van der Waals surface area contributed by atoms with Crippen molar-refractivity contribution >= 4 is 34.5 Å². The van der Waals surface area contributed by atoms with E-state index in [1.54, 1.807) is 40.1 Å². The number of carbonyl (C=O) groups excluding carboxylic acids is 2. The van der Waals surface area contributed by atoms with Gasteiger partial charge in [-0.2, -0.15) is 9.61 Å². The van der Waals surface area contributed by atoms with Gasteiger partial charge in [0.2, 0.25) is 0 Å². The van der Waals surface area contributed by atoms with Crippen molar-refractivity contribution in [2.24, 2.45) is 0 Å². The Morgan fingerprint density at radius 2 is 1.95 bits per heavy atom. The van der Waals surface area contributed by atoms with Gasteiger partial charge in [0.05, 0.1) is 24.0 Å². The van der Waals surface area contributed by atoms with E-state index in [-0.39, 0.29) is 29.2 Å². The van der Waals surface area contributed by atoms with E-state index in [1.165, 1.54) is 15.6 Å². The monoisotopic (exact) mass is 561 g/mol. The van der Waals surface area contributed by atoms with Gasteiger partial charge in [-0.3, -0.25) is 9.69 Å². The number of aromatic nitrogens is 5. The number of pyridine rings is 1. The molecule has 12 nitrogen and oxygen atoms in total. The summed E-state index contributed by atoms with van der Waals surface area (Å²) < 4.78 is 14.9. The minimum absolute atomic E-state index is 0.229. The van der Waals surface area contributed by atoms with E-state index < -0.39 is 17.8 Å². The van der Waals surface area contributed by atoms with Gasteiger partial charge in [0.15, 0.2) is 5.65 Å². The molecular weight excluding hydrogens is 526 g/mol. The third kappa shape index (κ3) is 5.13. The zero-order valence-electron chi connectivity index (χ0n) is 23.7. The first kappa shape index (κ1) is 27.2. The number of rotatable bonds is 5. The van der Waals surface area contributed by atoms with Crippen LogP contribution in [-0.4, -0.2) is 79.3 Å². The SMILES string of the molecule is CN(C(=O)OC(C)(C)C)c1cc(-c2cn(C3CCOCC3)c3ncccc23)nc2c(C(=O)N[C@H]3CC[C@H]3O)cnn12. The first-order chi connectivity index (χ1) is 19.6. The number of aliphatic hydroxyl groups is 1. The second-order valence-corrected chi connectivity index (χ2v) is 11.7. The van der Waals surface area contributed by atoms with Crippen LogP contribution in [0.1, 0.15) is 62.9 Å². The summed E-state index contributed by atoms with van der Waals surface area (Å²) in [5.41, 5.74) is 2.05. The standard InChI is InChI=1S/C29H35N7O5/c1-29(2,3)41-28(39)34(4)24-14-22(32-26-19(15-31-36(24)26)27(38)33-21-7-8-23(21)37)20-16-35(17-9-12-40-13-10-17)25-18(20)6-5-11-30-25/h5-6,11,14-17,21,23,37H,7-10,12-13H2,1-4H3,(H,33,38)/t21-,23+/m0/s1. The predicted molar refractivity (Wildman–Crippen MR) is 152 cm³/mol. The van der Waals surface area contributed by atoms with Crippen LogP contribution in [0.25, 0.3) is 27.9 Å². The number of anilines is 1. The molecule has 2 atom stereocenters. The molecule has 0 spiro atoms. The van der Waals surface area contributed by atoms with Crippen molar-refractivity contribution in [2.75, 3.05) is 25.2 Å². The van der Waals surface area contributed by atoms with Crippen molar-refractivity contribution in [3.05, 3.63) is 42.4 Å². The van der Waals surface area contributed by atoms with E-state index in [0.29, 0.717) is 37.6 Å². The zero-order valence-corrected chi connectivity index (χ0v) is 23.7. The van der Waals surface area contributed by atoms with Crippen LogP contribution in [0.4, 0.5) is 10.6 Å². The van der Waals surface area contributed by atoms with Crippen LogP contribution in [-0.2, 0) is 9.47 Å². The Labute approximate surface area is 237 Å². The molecule has 216 valence electrons. The van der Waals surface area contributed by atoms with Gasteiger partial charge in [0, 0.05) is 55.7 Å². The van der Waals surface area contributed by atoms with Gasteiger partial charge >= 0.3 is 6.09 Å². The average Bonchev–Trinajstić information content (AvgIpc) is 3.56. The third-order valence-electron chi connectivity index (χ3n) is 7.71. The predicted octanol–water partition coefficient (Wildman–Crippen LogP) is 3.72. The highest BCUT2D eigenvalue weighted by Gasteiger charge is 2.32. The molecule has 12 heteroatoms. The Bertz CT molecular complexity index is 1620. The molecule has 1 aliphatic heterocycles. The highest BCUT2D eigenvalue weighted by molar-refractivity contribution is 6.01. The van der Waals surface area contributed by atoms with Gasteiger partial charge in [-0.25, -0.2) is 14.8 Å². The van der Waals surface area contributed by atoms with Crippen LogP contribution < -0.4 is 10.2 Å². The summed E-state index contributed by atoms with van der Waals surface area (Å²) in [5, 5.41) is 18.2. The Kier molecular flexibility index (Phi) is 6.90.